The fraction of sp³-hybridized carbons (Fsp3) is 0. The zero-order valence-corrected chi connectivity index (χ0v) is 6.39. The summed E-state index contributed by atoms with van der Waals surface area (Å²) in [6.07, 6.45) is 0. The first-order valence-electron chi connectivity index (χ1n) is 0. The molecule has 0 amide bonds. The Labute approximate surface area is 60.1 Å². The van der Waals surface area contributed by atoms with Crippen molar-refractivity contribution in [2.45, 2.75) is 0 Å². The van der Waals surface area contributed by atoms with Crippen LogP contribution in [0.1, 0.15) is 0 Å². The van der Waals surface area contributed by atoms with E-state index in [1.54, 1.807) is 0 Å². The second kappa shape index (κ2) is 22.5. The van der Waals surface area contributed by atoms with E-state index in [0.29, 0.717) is 0 Å². The van der Waals surface area contributed by atoms with Crippen molar-refractivity contribution < 1.29 is 60.3 Å². The molecule has 0 atom stereocenters. The summed E-state index contributed by atoms with van der Waals surface area (Å²) in [7, 11) is 0. The third-order valence-electron chi connectivity index (χ3n) is 0. The van der Waals surface area contributed by atoms with Gasteiger partial charge in [-0.15, -0.1) is 0 Å². The molecule has 0 saturated heterocycles. The van der Waals surface area contributed by atoms with Crippen LogP contribution in [0.5, 0.6) is 0 Å². The average molecular weight is 147 g/mol. The first kappa shape index (κ1) is 44.2. The van der Waals surface area contributed by atoms with Gasteiger partial charge in [0.05, 0.1) is 0 Å². The van der Waals surface area contributed by atoms with E-state index < -0.39 is 0 Å². The third kappa shape index (κ3) is 9.37. The van der Waals surface area contributed by atoms with E-state index in [9.17, 15) is 0 Å². The summed E-state index contributed by atoms with van der Waals surface area (Å²) in [5, 5.41) is 0. The number of rotatable bonds is 0. The van der Waals surface area contributed by atoms with Crippen LogP contribution in [0.4, 0.5) is 0 Å². The van der Waals surface area contributed by atoms with E-state index in [1.165, 1.54) is 0 Å². The van der Waals surface area contributed by atoms with Gasteiger partial charge in [-0.1, -0.05) is 0 Å². The summed E-state index contributed by atoms with van der Waals surface area (Å²) < 4.78 is 0. The summed E-state index contributed by atoms with van der Waals surface area (Å²) in [5.41, 5.74) is 0. The molecule has 0 aromatic carbocycles. The van der Waals surface area contributed by atoms with Gasteiger partial charge in [-0.2, -0.15) is 0 Å². The normalized spacial score (nSPS) is 0. The van der Waals surface area contributed by atoms with Gasteiger partial charge < -0.3 is 5.48 Å². The van der Waals surface area contributed by atoms with Crippen LogP contribution in [-0.2, 0) is 41.4 Å². The third-order valence-corrected chi connectivity index (χ3v) is 0. The van der Waals surface area contributed by atoms with Gasteiger partial charge in [-0.3, -0.25) is 0 Å². The minimum atomic E-state index is 0. The smallest absolute Gasteiger partial charge is 2.00 e. The topological polar surface area (TPSA) is 28.5 Å². The predicted octanol–water partition coefficient (Wildman–Crippen LogP) is -3.12. The van der Waals surface area contributed by atoms with Gasteiger partial charge >= 0.3 is 54.8 Å². The molecule has 4 heteroatoms. The quantitative estimate of drug-likeness (QED) is 0.324. The maximum atomic E-state index is 0. The summed E-state index contributed by atoms with van der Waals surface area (Å²) in [6.45, 7) is 0. The first-order valence-corrected chi connectivity index (χ1v) is 0. The van der Waals surface area contributed by atoms with Gasteiger partial charge in [-0.05, 0) is 0 Å². The van der Waals surface area contributed by atoms with E-state index in [0.717, 1.165) is 0 Å². The van der Waals surface area contributed by atoms with Crippen LogP contribution in [0.2, 0.25) is 0 Å². The second-order valence-corrected chi connectivity index (χ2v) is 0. The summed E-state index contributed by atoms with van der Waals surface area (Å²) in [4.78, 5) is 0. The summed E-state index contributed by atoms with van der Waals surface area (Å²) in [5.74, 6) is 0. The van der Waals surface area contributed by atoms with Crippen molar-refractivity contribution in [2.24, 2.45) is 0 Å². The minimum absolute atomic E-state index is 0. The van der Waals surface area contributed by atoms with Crippen LogP contribution in [0.3, 0.4) is 0 Å². The van der Waals surface area contributed by atoms with Gasteiger partial charge in [-0.25, -0.2) is 0 Å². The molecule has 4 heavy (non-hydrogen) atoms. The molecule has 0 spiro atoms. The van der Waals surface area contributed by atoms with E-state index >= 15 is 0 Å². The maximum Gasteiger partial charge on any atom is 2.00 e. The van der Waals surface area contributed by atoms with Crippen molar-refractivity contribution in [3.05, 3.63) is 0 Å². The van der Waals surface area contributed by atoms with E-state index in [4.69, 9.17) is 0 Å². The van der Waals surface area contributed by atoms with Crippen LogP contribution < -0.4 is 18.9 Å². The Morgan fingerprint density at radius 3 is 1.00 bits per heavy atom. The second-order valence-electron chi connectivity index (χ2n) is 0. The Kier molecular flexibility index (Phi) is 249. The summed E-state index contributed by atoms with van der Waals surface area (Å²) >= 11 is 0. The van der Waals surface area contributed by atoms with Crippen LogP contribution >= 0.6 is 0 Å². The predicted molar refractivity (Wildman–Crippen MR) is 0.686 cm³/mol. The molecule has 0 radical (unpaired) electrons. The molecule has 0 unspecified atom stereocenters. The largest absolute Gasteiger partial charge is 2.00 e. The molecule has 0 fully saturated rings. The molecule has 0 N–H and O–H groups in total. The molecule has 16 valence electrons. The minimum Gasteiger partial charge on any atom is -2.00 e. The molecule has 0 aromatic rings. The molecular weight excluding hydrogens is 147 g/mol. The molecule has 0 aliphatic carbocycles. The zero-order valence-electron chi connectivity index (χ0n) is 2.43. The Balaban J connectivity index is 0. The standard InChI is InChI=1S/Li.Ni.O.Zn/q+1;+2;-2;+2. The molecule has 0 bridgehead atoms. The Bertz CT molecular complexity index is 8.00. The van der Waals surface area contributed by atoms with Crippen LogP contribution in [0, 0.1) is 0 Å². The SMILES string of the molecule is [Li+].[Ni+2].[O-2].[Zn+2]. The Morgan fingerprint density at radius 2 is 1.00 bits per heavy atom. The maximum absolute atomic E-state index is 0. The Morgan fingerprint density at radius 1 is 1.00 bits per heavy atom. The van der Waals surface area contributed by atoms with Crippen molar-refractivity contribution in [2.75, 3.05) is 0 Å². The number of hydrogen-bond acceptors (Lipinski definition) is 0. The monoisotopic (exact) mass is 145 g/mol. The van der Waals surface area contributed by atoms with Crippen molar-refractivity contribution in [3.8, 4) is 0 Å². The van der Waals surface area contributed by atoms with Gasteiger partial charge in [0.15, 0.2) is 0 Å². The fourth-order valence-corrected chi connectivity index (χ4v) is 0. The zero-order chi connectivity index (χ0) is 0. The van der Waals surface area contributed by atoms with Crippen LogP contribution in [-0.4, -0.2) is 0 Å². The van der Waals surface area contributed by atoms with Crippen molar-refractivity contribution in [1.82, 2.24) is 0 Å². The molecule has 0 rings (SSSR count). The molecule has 1 nitrogen and oxygen atoms in total. The van der Waals surface area contributed by atoms with Gasteiger partial charge in [0, 0.05) is 0 Å². The van der Waals surface area contributed by atoms with Gasteiger partial charge in [0.2, 0.25) is 0 Å². The first-order chi connectivity index (χ1) is 0. The van der Waals surface area contributed by atoms with Gasteiger partial charge in [0.25, 0.3) is 0 Å². The molecule has 0 aliphatic heterocycles. The molecule has 0 aliphatic rings. The van der Waals surface area contributed by atoms with E-state index in [2.05, 4.69) is 0 Å². The molecule has 0 saturated carbocycles. The van der Waals surface area contributed by atoms with Gasteiger partial charge in [0.1, 0.15) is 0 Å². The van der Waals surface area contributed by atoms with Crippen molar-refractivity contribution in [3.63, 3.8) is 0 Å². The summed E-state index contributed by atoms with van der Waals surface area (Å²) in [6, 6.07) is 0. The van der Waals surface area contributed by atoms with E-state index in [-0.39, 0.29) is 60.3 Å². The molecule has 0 heterocycles. The molecule has 0 aromatic heterocycles. The van der Waals surface area contributed by atoms with Crippen molar-refractivity contribution >= 4 is 0 Å². The Hall–Kier alpha value is 1.67. The average Bonchev–Trinajstić information content (AvgIpc) is 0. The molecular formula is LiNiOZn+3. The van der Waals surface area contributed by atoms with E-state index in [1.807, 2.05) is 0 Å². The van der Waals surface area contributed by atoms with Crippen LogP contribution in [0.15, 0.2) is 0 Å². The van der Waals surface area contributed by atoms with Crippen LogP contribution in [0.25, 0.3) is 0 Å². The number of hydrogen-bond donors (Lipinski definition) is 0. The fourth-order valence-electron chi connectivity index (χ4n) is 0. The van der Waals surface area contributed by atoms with Crippen molar-refractivity contribution in [1.29, 1.82) is 0 Å².